The van der Waals surface area contributed by atoms with E-state index in [1.54, 1.807) is 0 Å². The van der Waals surface area contributed by atoms with E-state index in [2.05, 4.69) is 14.9 Å². The van der Waals surface area contributed by atoms with Gasteiger partial charge in [-0.3, -0.25) is 4.79 Å². The Hall–Kier alpha value is -1.46. The molecule has 0 aliphatic carbocycles. The van der Waals surface area contributed by atoms with Gasteiger partial charge in [0.25, 0.3) is 5.91 Å². The fourth-order valence-corrected chi connectivity index (χ4v) is 2.49. The van der Waals surface area contributed by atoms with Crippen LogP contribution in [0.4, 0.5) is 0 Å². The minimum absolute atomic E-state index is 0.0865. The first kappa shape index (κ1) is 14.0. The Morgan fingerprint density at radius 3 is 2.74 bits per heavy atom. The molecular weight excluding hydrogens is 282 g/mol. The normalized spacial score (nSPS) is 12.2. The maximum Gasteiger partial charge on any atom is 0.265 e. The third kappa shape index (κ3) is 3.30. The predicted molar refractivity (Wildman–Crippen MR) is 76.6 cm³/mol. The summed E-state index contributed by atoms with van der Waals surface area (Å²) >= 11 is 6.97. The lowest BCUT2D eigenvalue weighted by Crippen LogP contribution is -2.26. The van der Waals surface area contributed by atoms with E-state index >= 15 is 0 Å². The maximum absolute atomic E-state index is 12.1. The van der Waals surface area contributed by atoms with Crippen LogP contribution in [0.1, 0.15) is 40.8 Å². The quantitative estimate of drug-likeness (QED) is 0.942. The Kier molecular flexibility index (Phi) is 4.50. The minimum Gasteiger partial charge on any atom is -0.345 e. The second-order valence-electron chi connectivity index (χ2n) is 4.15. The lowest BCUT2D eigenvalue weighted by molar-refractivity contribution is 0.0943. The molecule has 1 amide bonds. The summed E-state index contributed by atoms with van der Waals surface area (Å²) in [5.41, 5.74) is 1.75. The number of benzene rings is 1. The van der Waals surface area contributed by atoms with Crippen LogP contribution in [0.25, 0.3) is 0 Å². The molecule has 100 valence electrons. The van der Waals surface area contributed by atoms with Crippen LogP contribution in [-0.2, 0) is 6.42 Å². The van der Waals surface area contributed by atoms with E-state index in [4.69, 9.17) is 11.6 Å². The molecule has 6 heteroatoms. The molecule has 0 bridgehead atoms. The Labute approximate surface area is 121 Å². The van der Waals surface area contributed by atoms with Gasteiger partial charge in [0.15, 0.2) is 0 Å². The summed E-state index contributed by atoms with van der Waals surface area (Å²) < 4.78 is 3.82. The van der Waals surface area contributed by atoms with Crippen molar-refractivity contribution in [3.63, 3.8) is 0 Å². The lowest BCUT2D eigenvalue weighted by atomic mass is 10.1. The number of nitrogens with one attached hydrogen (secondary N) is 1. The zero-order valence-electron chi connectivity index (χ0n) is 10.7. The van der Waals surface area contributed by atoms with Crippen molar-refractivity contribution >= 4 is 29.0 Å². The highest BCUT2D eigenvalue weighted by Gasteiger charge is 2.17. The van der Waals surface area contributed by atoms with Gasteiger partial charge in [0.05, 0.1) is 11.7 Å². The van der Waals surface area contributed by atoms with E-state index in [1.165, 1.54) is 0 Å². The van der Waals surface area contributed by atoms with Crippen LogP contribution >= 0.6 is 23.1 Å². The SMILES string of the molecule is CCc1nnsc1C(=O)NC(C)c1ccc(Cl)cc1. The standard InChI is InChI=1S/C13H14ClN3OS/c1-3-11-12(19-17-16-11)13(18)15-8(2)9-4-6-10(14)7-5-9/h4-8H,3H2,1-2H3,(H,15,18). The van der Waals surface area contributed by atoms with Crippen LogP contribution < -0.4 is 5.32 Å². The highest BCUT2D eigenvalue weighted by Crippen LogP contribution is 2.18. The van der Waals surface area contributed by atoms with Gasteiger partial charge in [-0.25, -0.2) is 0 Å². The molecule has 1 aromatic carbocycles. The van der Waals surface area contributed by atoms with Crippen molar-refractivity contribution in [2.45, 2.75) is 26.3 Å². The number of carbonyl (C=O) groups excluding carboxylic acids is 1. The van der Waals surface area contributed by atoms with Gasteiger partial charge in [0.1, 0.15) is 4.88 Å². The second-order valence-corrected chi connectivity index (χ2v) is 5.34. The number of amides is 1. The molecule has 0 aliphatic rings. The molecule has 4 nitrogen and oxygen atoms in total. The molecule has 1 unspecified atom stereocenters. The molecular formula is C13H14ClN3OS. The number of aryl methyl sites for hydroxylation is 1. The van der Waals surface area contributed by atoms with Gasteiger partial charge in [0, 0.05) is 5.02 Å². The molecule has 19 heavy (non-hydrogen) atoms. The summed E-state index contributed by atoms with van der Waals surface area (Å²) in [7, 11) is 0. The van der Waals surface area contributed by atoms with Crippen molar-refractivity contribution < 1.29 is 4.79 Å². The van der Waals surface area contributed by atoms with Gasteiger partial charge in [0.2, 0.25) is 0 Å². The molecule has 0 spiro atoms. The van der Waals surface area contributed by atoms with Crippen molar-refractivity contribution in [3.8, 4) is 0 Å². The summed E-state index contributed by atoms with van der Waals surface area (Å²) in [6.45, 7) is 3.89. The number of hydrogen-bond donors (Lipinski definition) is 1. The Morgan fingerprint density at radius 1 is 1.42 bits per heavy atom. The Bertz CT molecular complexity index is 568. The minimum atomic E-state index is -0.130. The van der Waals surface area contributed by atoms with Crippen molar-refractivity contribution in [1.82, 2.24) is 14.9 Å². The average molecular weight is 296 g/mol. The van der Waals surface area contributed by atoms with Gasteiger partial charge in [-0.15, -0.1) is 5.10 Å². The van der Waals surface area contributed by atoms with Crippen molar-refractivity contribution in [3.05, 3.63) is 45.4 Å². The molecule has 1 N–H and O–H groups in total. The van der Waals surface area contributed by atoms with E-state index in [1.807, 2.05) is 38.1 Å². The van der Waals surface area contributed by atoms with Gasteiger partial charge < -0.3 is 5.32 Å². The number of halogens is 1. The third-order valence-corrected chi connectivity index (χ3v) is 3.83. The van der Waals surface area contributed by atoms with Crippen molar-refractivity contribution in [2.75, 3.05) is 0 Å². The molecule has 0 saturated heterocycles. The van der Waals surface area contributed by atoms with Crippen molar-refractivity contribution in [2.24, 2.45) is 0 Å². The number of carbonyl (C=O) groups is 1. The molecule has 0 saturated carbocycles. The van der Waals surface area contributed by atoms with Crippen LogP contribution in [-0.4, -0.2) is 15.5 Å². The van der Waals surface area contributed by atoms with E-state index in [0.29, 0.717) is 16.3 Å². The van der Waals surface area contributed by atoms with E-state index in [-0.39, 0.29) is 11.9 Å². The molecule has 1 aromatic heterocycles. The largest absolute Gasteiger partial charge is 0.345 e. The van der Waals surface area contributed by atoms with Gasteiger partial charge in [-0.05, 0) is 42.6 Å². The van der Waals surface area contributed by atoms with E-state index in [0.717, 1.165) is 22.8 Å². The first-order valence-electron chi connectivity index (χ1n) is 5.99. The molecule has 2 aromatic rings. The summed E-state index contributed by atoms with van der Waals surface area (Å²) in [5, 5.41) is 7.56. The van der Waals surface area contributed by atoms with Crippen molar-refractivity contribution in [1.29, 1.82) is 0 Å². The Balaban J connectivity index is 2.08. The van der Waals surface area contributed by atoms with Crippen LogP contribution in [0, 0.1) is 0 Å². The number of rotatable bonds is 4. The molecule has 0 aliphatic heterocycles. The molecule has 0 radical (unpaired) electrons. The van der Waals surface area contributed by atoms with Gasteiger partial charge in [-0.2, -0.15) is 0 Å². The van der Waals surface area contributed by atoms with Crippen LogP contribution in [0.5, 0.6) is 0 Å². The van der Waals surface area contributed by atoms with Gasteiger partial charge in [-0.1, -0.05) is 35.1 Å². The summed E-state index contributed by atoms with van der Waals surface area (Å²) in [6, 6.07) is 7.34. The smallest absolute Gasteiger partial charge is 0.265 e. The zero-order chi connectivity index (χ0) is 13.8. The molecule has 2 rings (SSSR count). The molecule has 1 atom stereocenters. The van der Waals surface area contributed by atoms with Crippen LogP contribution in [0.15, 0.2) is 24.3 Å². The lowest BCUT2D eigenvalue weighted by Gasteiger charge is -2.13. The number of hydrogen-bond acceptors (Lipinski definition) is 4. The fraction of sp³-hybridized carbons (Fsp3) is 0.308. The topological polar surface area (TPSA) is 54.9 Å². The van der Waals surface area contributed by atoms with Crippen LogP contribution in [0.2, 0.25) is 5.02 Å². The second kappa shape index (κ2) is 6.12. The summed E-state index contributed by atoms with van der Waals surface area (Å²) in [4.78, 5) is 12.7. The predicted octanol–water partition coefficient (Wildman–Crippen LogP) is 3.24. The average Bonchev–Trinajstić information content (AvgIpc) is 2.87. The summed E-state index contributed by atoms with van der Waals surface area (Å²) in [5.74, 6) is -0.130. The fourth-order valence-electron chi connectivity index (χ4n) is 1.71. The third-order valence-electron chi connectivity index (χ3n) is 2.81. The first-order chi connectivity index (χ1) is 9.11. The highest BCUT2D eigenvalue weighted by molar-refractivity contribution is 7.08. The molecule has 0 fully saturated rings. The maximum atomic E-state index is 12.1. The van der Waals surface area contributed by atoms with Gasteiger partial charge >= 0.3 is 0 Å². The zero-order valence-corrected chi connectivity index (χ0v) is 12.3. The highest BCUT2D eigenvalue weighted by atomic mass is 35.5. The first-order valence-corrected chi connectivity index (χ1v) is 7.14. The number of aromatic nitrogens is 2. The Morgan fingerprint density at radius 2 is 2.11 bits per heavy atom. The van der Waals surface area contributed by atoms with Crippen LogP contribution in [0.3, 0.4) is 0 Å². The van der Waals surface area contributed by atoms with E-state index in [9.17, 15) is 4.79 Å². The molecule has 1 heterocycles. The monoisotopic (exact) mass is 295 g/mol. The number of nitrogens with zero attached hydrogens (tertiary/aromatic N) is 2. The summed E-state index contributed by atoms with van der Waals surface area (Å²) in [6.07, 6.45) is 0.703. The van der Waals surface area contributed by atoms with E-state index < -0.39 is 0 Å².